The van der Waals surface area contributed by atoms with Gasteiger partial charge in [-0.05, 0) is 23.1 Å². The fourth-order valence-electron chi connectivity index (χ4n) is 1.94. The predicted molar refractivity (Wildman–Crippen MR) is 78.6 cm³/mol. The highest BCUT2D eigenvalue weighted by Gasteiger charge is 2.16. The van der Waals surface area contributed by atoms with Gasteiger partial charge in [0.2, 0.25) is 0 Å². The molecular weight excluding hydrogens is 292 g/mol. The number of rotatable bonds is 3. The zero-order valence-corrected chi connectivity index (χ0v) is 11.9. The third-order valence-electron chi connectivity index (χ3n) is 2.87. The van der Waals surface area contributed by atoms with Crippen LogP contribution in [0.3, 0.4) is 0 Å². The molecule has 0 amide bonds. The minimum absolute atomic E-state index is 0.333. The summed E-state index contributed by atoms with van der Waals surface area (Å²) in [6, 6.07) is 13.6. The first-order valence-corrected chi connectivity index (χ1v) is 7.16. The van der Waals surface area contributed by atoms with Crippen molar-refractivity contribution in [2.75, 3.05) is 0 Å². The summed E-state index contributed by atoms with van der Waals surface area (Å²) in [5.41, 5.74) is 2.02. The van der Waals surface area contributed by atoms with Gasteiger partial charge in [0.25, 0.3) is 0 Å². The highest BCUT2D eigenvalue weighted by Crippen LogP contribution is 2.28. The second-order valence-corrected chi connectivity index (χ2v) is 5.48. The largest absolute Gasteiger partial charge is 0.238 e. The van der Waals surface area contributed by atoms with Gasteiger partial charge in [0.1, 0.15) is 11.8 Å². The van der Waals surface area contributed by atoms with Gasteiger partial charge < -0.3 is 0 Å². The molecule has 0 bridgehead atoms. The van der Waals surface area contributed by atoms with Crippen LogP contribution in [0.15, 0.2) is 41.8 Å². The fourth-order valence-corrected chi connectivity index (χ4v) is 2.91. The van der Waals surface area contributed by atoms with Crippen LogP contribution < -0.4 is 0 Å². The zero-order chi connectivity index (χ0) is 13.9. The Morgan fingerprint density at radius 2 is 2.10 bits per heavy atom. The summed E-state index contributed by atoms with van der Waals surface area (Å²) in [7, 11) is 0. The number of halogens is 1. The molecule has 0 radical (unpaired) electrons. The van der Waals surface area contributed by atoms with Crippen LogP contribution in [0.1, 0.15) is 11.3 Å². The highest BCUT2D eigenvalue weighted by molar-refractivity contribution is 7.13. The van der Waals surface area contributed by atoms with Crippen molar-refractivity contribution in [1.29, 1.82) is 5.26 Å². The first kappa shape index (κ1) is 12.9. The predicted octanol–water partition coefficient (Wildman–Crippen LogP) is 3.58. The smallest absolute Gasteiger partial charge is 0.191 e. The molecule has 0 saturated carbocycles. The van der Waals surface area contributed by atoms with Crippen molar-refractivity contribution in [2.24, 2.45) is 0 Å². The maximum absolute atomic E-state index is 9.16. The molecule has 0 unspecified atom stereocenters. The Morgan fingerprint density at radius 3 is 2.80 bits per heavy atom. The van der Waals surface area contributed by atoms with Crippen molar-refractivity contribution in [3.05, 3.63) is 58.1 Å². The molecule has 3 aromatic rings. The molecule has 0 spiro atoms. The van der Waals surface area contributed by atoms with Gasteiger partial charge in [-0.15, -0.1) is 16.4 Å². The second kappa shape index (κ2) is 5.45. The summed E-state index contributed by atoms with van der Waals surface area (Å²) >= 11 is 7.72. The summed E-state index contributed by atoms with van der Waals surface area (Å²) in [6.07, 6.45) is 0. The number of hydrogen-bond acceptors (Lipinski definition) is 4. The number of hydrogen-bond donors (Lipinski definition) is 0. The van der Waals surface area contributed by atoms with E-state index in [4.69, 9.17) is 16.9 Å². The van der Waals surface area contributed by atoms with Gasteiger partial charge in [-0.25, -0.2) is 4.68 Å². The molecule has 0 saturated heterocycles. The van der Waals surface area contributed by atoms with Gasteiger partial charge in [-0.2, -0.15) is 5.26 Å². The van der Waals surface area contributed by atoms with Crippen molar-refractivity contribution in [2.45, 2.75) is 6.54 Å². The summed E-state index contributed by atoms with van der Waals surface area (Å²) in [6.45, 7) is 0.488. The molecule has 2 aromatic heterocycles. The van der Waals surface area contributed by atoms with E-state index in [1.54, 1.807) is 16.0 Å². The van der Waals surface area contributed by atoms with E-state index < -0.39 is 0 Å². The van der Waals surface area contributed by atoms with Crippen LogP contribution >= 0.6 is 22.9 Å². The van der Waals surface area contributed by atoms with Crippen LogP contribution in [0.4, 0.5) is 0 Å². The van der Waals surface area contributed by atoms with Gasteiger partial charge in [0.15, 0.2) is 5.69 Å². The second-order valence-electron chi connectivity index (χ2n) is 4.12. The number of nitriles is 1. The SMILES string of the molecule is N#Cc1nnn(Cc2ccccc2Cl)c1-c1cccs1. The van der Waals surface area contributed by atoms with E-state index in [0.29, 0.717) is 17.3 Å². The van der Waals surface area contributed by atoms with E-state index in [1.165, 1.54) is 0 Å². The Bertz CT molecular complexity index is 771. The van der Waals surface area contributed by atoms with Crippen LogP contribution in [0.5, 0.6) is 0 Å². The molecule has 20 heavy (non-hydrogen) atoms. The minimum Gasteiger partial charge on any atom is -0.238 e. The Morgan fingerprint density at radius 1 is 1.25 bits per heavy atom. The normalized spacial score (nSPS) is 10.4. The number of aromatic nitrogens is 3. The summed E-state index contributed by atoms with van der Waals surface area (Å²) in [5.74, 6) is 0. The maximum atomic E-state index is 9.16. The number of thiophene rings is 1. The average molecular weight is 301 g/mol. The lowest BCUT2D eigenvalue weighted by Gasteiger charge is -2.06. The van der Waals surface area contributed by atoms with E-state index in [9.17, 15) is 0 Å². The third-order valence-corrected chi connectivity index (χ3v) is 4.12. The van der Waals surface area contributed by atoms with E-state index >= 15 is 0 Å². The molecule has 2 heterocycles. The Kier molecular flexibility index (Phi) is 3.50. The fraction of sp³-hybridized carbons (Fsp3) is 0.0714. The Hall–Kier alpha value is -2.16. The van der Waals surface area contributed by atoms with Crippen molar-refractivity contribution < 1.29 is 0 Å². The van der Waals surface area contributed by atoms with E-state index in [1.807, 2.05) is 41.8 Å². The van der Waals surface area contributed by atoms with E-state index in [0.717, 1.165) is 16.1 Å². The highest BCUT2D eigenvalue weighted by atomic mass is 35.5. The van der Waals surface area contributed by atoms with Crippen LogP contribution in [0, 0.1) is 11.3 Å². The van der Waals surface area contributed by atoms with Crippen LogP contribution in [-0.2, 0) is 6.54 Å². The summed E-state index contributed by atoms with van der Waals surface area (Å²) in [5, 5.41) is 19.8. The third kappa shape index (κ3) is 2.31. The lowest BCUT2D eigenvalue weighted by molar-refractivity contribution is 0.656. The minimum atomic E-state index is 0.333. The average Bonchev–Trinajstić information content (AvgIpc) is 3.09. The molecule has 3 rings (SSSR count). The zero-order valence-electron chi connectivity index (χ0n) is 10.3. The summed E-state index contributed by atoms with van der Waals surface area (Å²) in [4.78, 5) is 0.971. The maximum Gasteiger partial charge on any atom is 0.191 e. The van der Waals surface area contributed by atoms with Crippen LogP contribution in [-0.4, -0.2) is 15.0 Å². The molecule has 0 atom stereocenters. The monoisotopic (exact) mass is 300 g/mol. The lowest BCUT2D eigenvalue weighted by atomic mass is 10.2. The van der Waals surface area contributed by atoms with Gasteiger partial charge >= 0.3 is 0 Å². The van der Waals surface area contributed by atoms with E-state index in [2.05, 4.69) is 16.4 Å². The quantitative estimate of drug-likeness (QED) is 0.743. The molecular formula is C14H9ClN4S. The Balaban J connectivity index is 2.06. The van der Waals surface area contributed by atoms with Gasteiger partial charge in [0, 0.05) is 5.02 Å². The van der Waals surface area contributed by atoms with Crippen molar-refractivity contribution in [1.82, 2.24) is 15.0 Å². The topological polar surface area (TPSA) is 54.5 Å². The molecule has 0 aliphatic heterocycles. The standard InChI is InChI=1S/C14H9ClN4S/c15-11-5-2-1-4-10(11)9-19-14(12(8-16)17-18-19)13-6-3-7-20-13/h1-7H,9H2. The van der Waals surface area contributed by atoms with Gasteiger partial charge in [0.05, 0.1) is 11.4 Å². The molecule has 0 aliphatic rings. The molecule has 0 fully saturated rings. The molecule has 0 N–H and O–H groups in total. The van der Waals surface area contributed by atoms with E-state index in [-0.39, 0.29) is 0 Å². The number of benzene rings is 1. The molecule has 98 valence electrons. The first-order valence-electron chi connectivity index (χ1n) is 5.90. The molecule has 6 heteroatoms. The lowest BCUT2D eigenvalue weighted by Crippen LogP contribution is -2.04. The molecule has 4 nitrogen and oxygen atoms in total. The Labute approximate surface area is 124 Å². The van der Waals surface area contributed by atoms with Crippen LogP contribution in [0.2, 0.25) is 5.02 Å². The van der Waals surface area contributed by atoms with Crippen LogP contribution in [0.25, 0.3) is 10.6 Å². The van der Waals surface area contributed by atoms with Gasteiger partial charge in [-0.1, -0.05) is 41.1 Å². The van der Waals surface area contributed by atoms with Crippen molar-refractivity contribution in [3.63, 3.8) is 0 Å². The molecule has 0 aliphatic carbocycles. The summed E-state index contributed by atoms with van der Waals surface area (Å²) < 4.78 is 1.71. The number of nitrogens with zero attached hydrogens (tertiary/aromatic N) is 4. The van der Waals surface area contributed by atoms with Crippen molar-refractivity contribution >= 4 is 22.9 Å². The van der Waals surface area contributed by atoms with Crippen molar-refractivity contribution in [3.8, 4) is 16.6 Å². The first-order chi connectivity index (χ1) is 9.79. The molecule has 1 aromatic carbocycles. The van der Waals surface area contributed by atoms with Gasteiger partial charge in [-0.3, -0.25) is 0 Å².